The molecular formula is C11H12ClNO4S. The van der Waals surface area contributed by atoms with Gasteiger partial charge in [0, 0.05) is 9.92 Å². The number of carbonyl (C=O) groups is 2. The van der Waals surface area contributed by atoms with Crippen molar-refractivity contribution in [3.05, 3.63) is 29.3 Å². The molecule has 0 spiro atoms. The monoisotopic (exact) mass is 289 g/mol. The quantitative estimate of drug-likeness (QED) is 0.680. The fraction of sp³-hybridized carbons (Fsp3) is 0.273. The van der Waals surface area contributed by atoms with Crippen molar-refractivity contribution >= 4 is 35.2 Å². The van der Waals surface area contributed by atoms with Crippen LogP contribution in [0, 0.1) is 0 Å². The molecule has 0 heterocycles. The van der Waals surface area contributed by atoms with Crippen molar-refractivity contribution in [2.45, 2.75) is 10.9 Å². The molecule has 1 aromatic carbocycles. The summed E-state index contributed by atoms with van der Waals surface area (Å²) in [5.74, 6) is -1.63. The number of carbonyl (C=O) groups excluding carboxylic acids is 1. The van der Waals surface area contributed by atoms with Crippen LogP contribution in [0.3, 0.4) is 0 Å². The third-order valence-corrected chi connectivity index (χ3v) is 3.26. The van der Waals surface area contributed by atoms with Crippen LogP contribution in [0.15, 0.2) is 29.2 Å². The molecule has 1 rings (SSSR count). The Balaban J connectivity index is 2.41. The van der Waals surface area contributed by atoms with Crippen LogP contribution >= 0.6 is 23.4 Å². The number of amides is 1. The second kappa shape index (κ2) is 7.25. The molecule has 0 aliphatic heterocycles. The van der Waals surface area contributed by atoms with Gasteiger partial charge in [-0.05, 0) is 24.3 Å². The first-order chi connectivity index (χ1) is 8.52. The van der Waals surface area contributed by atoms with Crippen molar-refractivity contribution in [2.75, 3.05) is 12.4 Å². The molecule has 0 saturated carbocycles. The van der Waals surface area contributed by atoms with E-state index in [0.29, 0.717) is 5.02 Å². The first kappa shape index (κ1) is 14.8. The molecule has 0 fully saturated rings. The zero-order chi connectivity index (χ0) is 13.5. The molecule has 98 valence electrons. The second-order valence-electron chi connectivity index (χ2n) is 3.38. The fourth-order valence-corrected chi connectivity index (χ4v) is 1.94. The SMILES string of the molecule is O=C(CSc1ccc(Cl)cc1)N[C@@H](CO)C(=O)O. The zero-order valence-corrected chi connectivity index (χ0v) is 10.9. The Bertz CT molecular complexity index is 424. The number of hydrogen-bond acceptors (Lipinski definition) is 4. The predicted molar refractivity (Wildman–Crippen MR) is 68.8 cm³/mol. The topological polar surface area (TPSA) is 86.6 Å². The predicted octanol–water partition coefficient (Wildman–Crippen LogP) is 0.994. The Kier molecular flexibility index (Phi) is 5.97. The van der Waals surface area contributed by atoms with Gasteiger partial charge in [-0.2, -0.15) is 0 Å². The Morgan fingerprint density at radius 1 is 1.33 bits per heavy atom. The molecule has 0 aliphatic rings. The number of rotatable bonds is 6. The van der Waals surface area contributed by atoms with Crippen LogP contribution < -0.4 is 5.32 Å². The summed E-state index contributed by atoms with van der Waals surface area (Å²) in [7, 11) is 0. The molecule has 0 aromatic heterocycles. The highest BCUT2D eigenvalue weighted by atomic mass is 35.5. The van der Waals surface area contributed by atoms with Gasteiger partial charge in [0.05, 0.1) is 12.4 Å². The van der Waals surface area contributed by atoms with Gasteiger partial charge in [-0.3, -0.25) is 4.79 Å². The van der Waals surface area contributed by atoms with Crippen LogP contribution in [0.1, 0.15) is 0 Å². The van der Waals surface area contributed by atoms with E-state index < -0.39 is 24.5 Å². The summed E-state index contributed by atoms with van der Waals surface area (Å²) in [6.07, 6.45) is 0. The summed E-state index contributed by atoms with van der Waals surface area (Å²) >= 11 is 6.97. The van der Waals surface area contributed by atoms with Gasteiger partial charge in [0.1, 0.15) is 6.04 Å². The van der Waals surface area contributed by atoms with Crippen molar-refractivity contribution in [1.29, 1.82) is 0 Å². The minimum atomic E-state index is -1.26. The number of thioether (sulfide) groups is 1. The van der Waals surface area contributed by atoms with Crippen LogP contribution in [0.5, 0.6) is 0 Å². The molecule has 0 unspecified atom stereocenters. The van der Waals surface area contributed by atoms with Gasteiger partial charge in [0.2, 0.25) is 5.91 Å². The van der Waals surface area contributed by atoms with Gasteiger partial charge < -0.3 is 15.5 Å². The third-order valence-electron chi connectivity index (χ3n) is 2.00. The van der Waals surface area contributed by atoms with Crippen LogP contribution in [0.2, 0.25) is 5.02 Å². The molecule has 1 atom stereocenters. The van der Waals surface area contributed by atoms with E-state index in [9.17, 15) is 9.59 Å². The van der Waals surface area contributed by atoms with Gasteiger partial charge in [-0.15, -0.1) is 11.8 Å². The number of nitrogens with one attached hydrogen (secondary N) is 1. The molecule has 1 aromatic rings. The molecule has 5 nitrogen and oxygen atoms in total. The lowest BCUT2D eigenvalue weighted by atomic mass is 10.3. The standard InChI is InChI=1S/C11H12ClNO4S/c12-7-1-3-8(4-2-7)18-6-10(15)13-9(5-14)11(16)17/h1-4,9,14H,5-6H2,(H,13,15)(H,16,17)/t9-/m0/s1. The smallest absolute Gasteiger partial charge is 0.328 e. The maximum Gasteiger partial charge on any atom is 0.328 e. The van der Waals surface area contributed by atoms with E-state index in [4.69, 9.17) is 21.8 Å². The van der Waals surface area contributed by atoms with E-state index in [1.54, 1.807) is 24.3 Å². The Labute approximate surface area is 113 Å². The Hall–Kier alpha value is -1.24. The van der Waals surface area contributed by atoms with Gasteiger partial charge in [-0.1, -0.05) is 11.6 Å². The van der Waals surface area contributed by atoms with Crippen molar-refractivity contribution < 1.29 is 19.8 Å². The van der Waals surface area contributed by atoms with Crippen molar-refractivity contribution in [1.82, 2.24) is 5.32 Å². The lowest BCUT2D eigenvalue weighted by Crippen LogP contribution is -2.44. The molecule has 3 N–H and O–H groups in total. The molecule has 18 heavy (non-hydrogen) atoms. The number of benzene rings is 1. The number of aliphatic hydroxyl groups is 1. The van der Waals surface area contributed by atoms with Crippen molar-refractivity contribution in [3.63, 3.8) is 0 Å². The highest BCUT2D eigenvalue weighted by Crippen LogP contribution is 2.19. The minimum Gasteiger partial charge on any atom is -0.480 e. The summed E-state index contributed by atoms with van der Waals surface area (Å²) < 4.78 is 0. The Morgan fingerprint density at radius 3 is 2.44 bits per heavy atom. The van der Waals surface area contributed by atoms with Crippen molar-refractivity contribution in [3.8, 4) is 0 Å². The van der Waals surface area contributed by atoms with Gasteiger partial charge in [0.25, 0.3) is 0 Å². The summed E-state index contributed by atoms with van der Waals surface area (Å²) in [4.78, 5) is 22.9. The molecule has 0 radical (unpaired) electrons. The maximum atomic E-state index is 11.4. The number of aliphatic carboxylic acids is 1. The molecular weight excluding hydrogens is 278 g/mol. The van der Waals surface area contributed by atoms with Crippen LogP contribution in [0.4, 0.5) is 0 Å². The number of carboxylic acids is 1. The van der Waals surface area contributed by atoms with E-state index in [-0.39, 0.29) is 5.75 Å². The summed E-state index contributed by atoms with van der Waals surface area (Å²) in [6, 6.07) is 5.68. The van der Waals surface area contributed by atoms with Crippen LogP contribution in [-0.4, -0.2) is 40.5 Å². The van der Waals surface area contributed by atoms with Gasteiger partial charge >= 0.3 is 5.97 Å². The maximum absolute atomic E-state index is 11.4. The molecule has 1 amide bonds. The third kappa shape index (κ3) is 4.95. The number of hydrogen-bond donors (Lipinski definition) is 3. The fourth-order valence-electron chi connectivity index (χ4n) is 1.10. The average molecular weight is 290 g/mol. The van der Waals surface area contributed by atoms with E-state index >= 15 is 0 Å². The minimum absolute atomic E-state index is 0.0748. The van der Waals surface area contributed by atoms with Gasteiger partial charge in [0.15, 0.2) is 0 Å². The van der Waals surface area contributed by atoms with E-state index in [0.717, 1.165) is 4.90 Å². The van der Waals surface area contributed by atoms with Crippen LogP contribution in [-0.2, 0) is 9.59 Å². The van der Waals surface area contributed by atoms with Crippen molar-refractivity contribution in [2.24, 2.45) is 0 Å². The molecule has 0 saturated heterocycles. The normalized spacial score (nSPS) is 11.9. The first-order valence-electron chi connectivity index (χ1n) is 5.04. The number of aliphatic hydroxyl groups excluding tert-OH is 1. The summed E-state index contributed by atoms with van der Waals surface area (Å²) in [5.41, 5.74) is 0. The largest absolute Gasteiger partial charge is 0.480 e. The van der Waals surface area contributed by atoms with Crippen LogP contribution in [0.25, 0.3) is 0 Å². The van der Waals surface area contributed by atoms with Gasteiger partial charge in [-0.25, -0.2) is 4.79 Å². The highest BCUT2D eigenvalue weighted by molar-refractivity contribution is 8.00. The average Bonchev–Trinajstić information content (AvgIpc) is 2.35. The summed E-state index contributed by atoms with van der Waals surface area (Å²) in [6.45, 7) is -0.632. The van der Waals surface area contributed by atoms with E-state index in [2.05, 4.69) is 5.32 Å². The zero-order valence-electron chi connectivity index (χ0n) is 9.30. The highest BCUT2D eigenvalue weighted by Gasteiger charge is 2.18. The molecule has 0 aliphatic carbocycles. The second-order valence-corrected chi connectivity index (χ2v) is 4.87. The summed E-state index contributed by atoms with van der Waals surface area (Å²) in [5, 5.41) is 20.2. The lowest BCUT2D eigenvalue weighted by molar-refractivity contribution is -0.142. The number of carboxylic acid groups (broad SMARTS) is 1. The number of halogens is 1. The molecule has 0 bridgehead atoms. The lowest BCUT2D eigenvalue weighted by Gasteiger charge is -2.11. The van der Waals surface area contributed by atoms with E-state index in [1.165, 1.54) is 11.8 Å². The first-order valence-corrected chi connectivity index (χ1v) is 6.40. The Morgan fingerprint density at radius 2 is 1.94 bits per heavy atom. The van der Waals surface area contributed by atoms with E-state index in [1.807, 2.05) is 0 Å². The molecule has 7 heteroatoms.